The highest BCUT2D eigenvalue weighted by molar-refractivity contribution is 7.18. The summed E-state index contributed by atoms with van der Waals surface area (Å²) in [6, 6.07) is 19.6. The Kier molecular flexibility index (Phi) is 6.81. The average Bonchev–Trinajstić information content (AvgIpc) is 3.14. The Bertz CT molecular complexity index is 1050. The first kappa shape index (κ1) is 22.6. The molecule has 0 unspecified atom stereocenters. The van der Waals surface area contributed by atoms with E-state index in [9.17, 15) is 14.7 Å². The first-order chi connectivity index (χ1) is 14.7. The molecule has 5 nitrogen and oxygen atoms in total. The number of carboxylic acid groups (broad SMARTS) is 1. The standard InChI is InChI=1S/C25H27NO4S/c1-5-22(27)26(16-17-11-13-19(14-12-17)25(2,3)4)20-15-21(18-9-7-6-8-10-18)31-23(20)30-24(28)29/h6-15H,5,16H2,1-4H3,(H,28,29). The molecule has 0 radical (unpaired) electrons. The molecular formula is C25H27NO4S. The molecule has 0 bridgehead atoms. The Morgan fingerprint density at radius 2 is 1.68 bits per heavy atom. The van der Waals surface area contributed by atoms with Crippen LogP contribution in [-0.2, 0) is 16.8 Å². The lowest BCUT2D eigenvalue weighted by Gasteiger charge is -2.23. The molecule has 2 aromatic carbocycles. The largest absolute Gasteiger partial charge is 0.512 e. The molecule has 31 heavy (non-hydrogen) atoms. The van der Waals surface area contributed by atoms with Gasteiger partial charge in [0.25, 0.3) is 0 Å². The van der Waals surface area contributed by atoms with Crippen molar-refractivity contribution in [3.05, 3.63) is 71.8 Å². The summed E-state index contributed by atoms with van der Waals surface area (Å²) in [7, 11) is 0. The fourth-order valence-corrected chi connectivity index (χ4v) is 4.25. The Hall–Kier alpha value is -3.12. The van der Waals surface area contributed by atoms with Crippen molar-refractivity contribution < 1.29 is 19.4 Å². The molecule has 0 spiro atoms. The first-order valence-corrected chi connectivity index (χ1v) is 11.0. The number of amides is 1. The monoisotopic (exact) mass is 437 g/mol. The molecule has 1 heterocycles. The van der Waals surface area contributed by atoms with Gasteiger partial charge in [0.1, 0.15) is 0 Å². The second kappa shape index (κ2) is 9.35. The maximum Gasteiger partial charge on any atom is 0.512 e. The number of carbonyl (C=O) groups is 2. The minimum atomic E-state index is -1.40. The van der Waals surface area contributed by atoms with Crippen molar-refractivity contribution in [2.75, 3.05) is 4.90 Å². The number of nitrogens with zero attached hydrogens (tertiary/aromatic N) is 1. The molecule has 1 aromatic heterocycles. The van der Waals surface area contributed by atoms with Crippen molar-refractivity contribution in [3.63, 3.8) is 0 Å². The molecule has 3 rings (SSSR count). The summed E-state index contributed by atoms with van der Waals surface area (Å²) < 4.78 is 5.07. The third-order valence-electron chi connectivity index (χ3n) is 4.97. The highest BCUT2D eigenvalue weighted by Gasteiger charge is 2.24. The van der Waals surface area contributed by atoms with E-state index in [1.54, 1.807) is 11.8 Å². The van der Waals surface area contributed by atoms with Crippen LogP contribution in [0.4, 0.5) is 10.5 Å². The number of anilines is 1. The lowest BCUT2D eigenvalue weighted by molar-refractivity contribution is -0.118. The Morgan fingerprint density at radius 3 is 2.23 bits per heavy atom. The highest BCUT2D eigenvalue weighted by atomic mass is 32.1. The zero-order chi connectivity index (χ0) is 22.6. The van der Waals surface area contributed by atoms with E-state index >= 15 is 0 Å². The summed E-state index contributed by atoms with van der Waals surface area (Å²) in [6.45, 7) is 8.58. The number of hydrogen-bond acceptors (Lipinski definition) is 4. The number of ether oxygens (including phenoxy) is 1. The topological polar surface area (TPSA) is 66.8 Å². The van der Waals surface area contributed by atoms with E-state index in [1.807, 2.05) is 48.5 Å². The van der Waals surface area contributed by atoms with Gasteiger partial charge in [-0.1, -0.05) is 93.6 Å². The van der Waals surface area contributed by atoms with Gasteiger partial charge in [-0.15, -0.1) is 0 Å². The lowest BCUT2D eigenvalue weighted by atomic mass is 9.87. The van der Waals surface area contributed by atoms with E-state index in [2.05, 4.69) is 32.9 Å². The van der Waals surface area contributed by atoms with E-state index in [-0.39, 0.29) is 16.4 Å². The minimum absolute atomic E-state index is 0.0396. The van der Waals surface area contributed by atoms with Gasteiger partial charge >= 0.3 is 6.16 Å². The number of carbonyl (C=O) groups excluding carboxylic acids is 1. The van der Waals surface area contributed by atoms with Crippen molar-refractivity contribution in [2.45, 2.75) is 46.1 Å². The fraction of sp³-hybridized carbons (Fsp3) is 0.280. The van der Waals surface area contributed by atoms with E-state index in [4.69, 9.17) is 4.74 Å². The van der Waals surface area contributed by atoms with Gasteiger partial charge in [0.2, 0.25) is 11.0 Å². The molecule has 0 aliphatic heterocycles. The van der Waals surface area contributed by atoms with Crippen molar-refractivity contribution >= 4 is 29.1 Å². The molecule has 0 fully saturated rings. The van der Waals surface area contributed by atoms with Crippen LogP contribution in [0.1, 0.15) is 45.2 Å². The molecule has 1 N–H and O–H groups in total. The fourth-order valence-electron chi connectivity index (χ4n) is 3.24. The van der Waals surface area contributed by atoms with Gasteiger partial charge in [0.15, 0.2) is 0 Å². The Balaban J connectivity index is 2.00. The van der Waals surface area contributed by atoms with Crippen molar-refractivity contribution in [2.24, 2.45) is 0 Å². The van der Waals surface area contributed by atoms with Crippen LogP contribution >= 0.6 is 11.3 Å². The molecule has 6 heteroatoms. The molecule has 0 aliphatic rings. The first-order valence-electron chi connectivity index (χ1n) is 10.2. The normalized spacial score (nSPS) is 11.2. The lowest BCUT2D eigenvalue weighted by Crippen LogP contribution is -2.29. The Morgan fingerprint density at radius 1 is 1.03 bits per heavy atom. The summed E-state index contributed by atoms with van der Waals surface area (Å²) in [4.78, 5) is 26.6. The SMILES string of the molecule is CCC(=O)N(Cc1ccc(C(C)(C)C)cc1)c1cc(-c2ccccc2)sc1OC(=O)O. The second-order valence-corrected chi connectivity index (χ2v) is 9.31. The number of rotatable bonds is 6. The van der Waals surface area contributed by atoms with Crippen molar-refractivity contribution in [1.29, 1.82) is 0 Å². The predicted molar refractivity (Wildman–Crippen MR) is 125 cm³/mol. The third kappa shape index (κ3) is 5.52. The maximum atomic E-state index is 12.9. The van der Waals surface area contributed by atoms with Gasteiger partial charge in [-0.05, 0) is 28.2 Å². The van der Waals surface area contributed by atoms with Crippen LogP contribution in [0, 0.1) is 0 Å². The van der Waals surface area contributed by atoms with Crippen LogP contribution in [0.25, 0.3) is 10.4 Å². The van der Waals surface area contributed by atoms with Gasteiger partial charge in [-0.3, -0.25) is 4.79 Å². The highest BCUT2D eigenvalue weighted by Crippen LogP contribution is 2.43. The van der Waals surface area contributed by atoms with Gasteiger partial charge in [0.05, 0.1) is 12.2 Å². The quantitative estimate of drug-likeness (QED) is 0.435. The van der Waals surface area contributed by atoms with Gasteiger partial charge in [-0.2, -0.15) is 0 Å². The number of benzene rings is 2. The molecule has 162 valence electrons. The zero-order valence-corrected chi connectivity index (χ0v) is 19.0. The summed E-state index contributed by atoms with van der Waals surface area (Å²) in [6.07, 6.45) is -1.11. The summed E-state index contributed by atoms with van der Waals surface area (Å²) in [5.41, 5.74) is 3.62. The summed E-state index contributed by atoms with van der Waals surface area (Å²) in [5.74, 6) is -0.104. The summed E-state index contributed by atoms with van der Waals surface area (Å²) >= 11 is 1.22. The predicted octanol–water partition coefficient (Wildman–Crippen LogP) is 6.71. The molecule has 3 aromatic rings. The van der Waals surface area contributed by atoms with Gasteiger partial charge < -0.3 is 14.7 Å². The maximum absolute atomic E-state index is 12.9. The molecule has 1 amide bonds. The molecule has 0 atom stereocenters. The van der Waals surface area contributed by atoms with Crippen molar-refractivity contribution in [3.8, 4) is 15.5 Å². The molecule has 0 aliphatic carbocycles. The van der Waals surface area contributed by atoms with Crippen molar-refractivity contribution in [1.82, 2.24) is 0 Å². The smallest absolute Gasteiger partial charge is 0.449 e. The number of hydrogen-bond donors (Lipinski definition) is 1. The van der Waals surface area contributed by atoms with Gasteiger partial charge in [-0.25, -0.2) is 4.79 Å². The van der Waals surface area contributed by atoms with E-state index in [0.717, 1.165) is 16.0 Å². The van der Waals surface area contributed by atoms with Crippen LogP contribution in [0.3, 0.4) is 0 Å². The van der Waals surface area contributed by atoms with Crippen LogP contribution in [0.15, 0.2) is 60.7 Å². The van der Waals surface area contributed by atoms with Crippen LogP contribution in [0.5, 0.6) is 5.06 Å². The van der Waals surface area contributed by atoms with Gasteiger partial charge in [0, 0.05) is 11.3 Å². The third-order valence-corrected chi connectivity index (χ3v) is 6.02. The van der Waals surface area contributed by atoms with E-state index in [1.165, 1.54) is 16.9 Å². The Labute approximate surface area is 186 Å². The molecule has 0 saturated carbocycles. The average molecular weight is 438 g/mol. The minimum Gasteiger partial charge on any atom is -0.449 e. The number of thiophene rings is 1. The van der Waals surface area contributed by atoms with E-state index < -0.39 is 6.16 Å². The van der Waals surface area contributed by atoms with E-state index in [0.29, 0.717) is 18.7 Å². The zero-order valence-electron chi connectivity index (χ0n) is 18.2. The second-order valence-electron chi connectivity index (χ2n) is 8.30. The summed E-state index contributed by atoms with van der Waals surface area (Å²) in [5, 5.41) is 9.42. The van der Waals surface area contributed by atoms with Crippen LogP contribution in [0.2, 0.25) is 0 Å². The van der Waals surface area contributed by atoms with Crippen LogP contribution < -0.4 is 9.64 Å². The van der Waals surface area contributed by atoms with Crippen LogP contribution in [-0.4, -0.2) is 17.2 Å². The molecule has 0 saturated heterocycles. The molecular weight excluding hydrogens is 410 g/mol.